The molecule has 1 aromatic rings. The molecule has 0 saturated carbocycles. The molecule has 0 unspecified atom stereocenters. The summed E-state index contributed by atoms with van der Waals surface area (Å²) in [6.45, 7) is 2.11. The summed E-state index contributed by atoms with van der Waals surface area (Å²) in [5.41, 5.74) is 0.653. The number of pyridine rings is 1. The van der Waals surface area contributed by atoms with Gasteiger partial charge in [-0.2, -0.15) is 0 Å². The molecule has 1 aliphatic rings. The quantitative estimate of drug-likeness (QED) is 0.891. The predicted octanol–water partition coefficient (Wildman–Crippen LogP) is 1.29. The number of aromatic nitrogens is 1. The maximum Gasteiger partial charge on any atom is 0.255 e. The van der Waals surface area contributed by atoms with Crippen LogP contribution in [-0.2, 0) is 0 Å². The normalized spacial score (nSPS) is 17.2. The lowest BCUT2D eigenvalue weighted by Gasteiger charge is -2.35. The summed E-state index contributed by atoms with van der Waals surface area (Å²) in [6, 6.07) is 4.00. The minimum atomic E-state index is 0.0599. The SMILES string of the molecule is CNc1ccc(C(=O)N(C)C2CCN(C)CC2)cn1. The number of anilines is 1. The first-order valence-electron chi connectivity index (χ1n) is 6.71. The Hall–Kier alpha value is -1.62. The Labute approximate surface area is 114 Å². The second-order valence-electron chi connectivity index (χ2n) is 5.13. The summed E-state index contributed by atoms with van der Waals surface area (Å²) in [4.78, 5) is 20.7. The Bertz CT molecular complexity index is 424. The van der Waals surface area contributed by atoms with Gasteiger partial charge in [-0.3, -0.25) is 4.79 Å². The van der Waals surface area contributed by atoms with Crippen molar-refractivity contribution in [3.8, 4) is 0 Å². The Morgan fingerprint density at radius 2 is 2.11 bits per heavy atom. The van der Waals surface area contributed by atoms with Gasteiger partial charge in [0.15, 0.2) is 0 Å². The van der Waals surface area contributed by atoms with Gasteiger partial charge in [0, 0.05) is 26.3 Å². The van der Waals surface area contributed by atoms with Crippen molar-refractivity contribution in [2.75, 3.05) is 39.5 Å². The standard InChI is InChI=1S/C14H22N4O/c1-15-13-5-4-11(10-16-13)14(19)18(3)12-6-8-17(2)9-7-12/h4-5,10,12H,6-9H2,1-3H3,(H,15,16). The van der Waals surface area contributed by atoms with Gasteiger partial charge in [-0.25, -0.2) is 4.98 Å². The van der Waals surface area contributed by atoms with E-state index in [0.29, 0.717) is 11.6 Å². The average molecular weight is 262 g/mol. The van der Waals surface area contributed by atoms with Crippen LogP contribution in [0.4, 0.5) is 5.82 Å². The van der Waals surface area contributed by atoms with E-state index in [1.165, 1.54) is 0 Å². The zero-order valence-electron chi connectivity index (χ0n) is 11.9. The van der Waals surface area contributed by atoms with E-state index >= 15 is 0 Å². The largest absolute Gasteiger partial charge is 0.373 e. The van der Waals surface area contributed by atoms with Crippen LogP contribution in [0.15, 0.2) is 18.3 Å². The van der Waals surface area contributed by atoms with Gasteiger partial charge in [0.2, 0.25) is 0 Å². The van der Waals surface area contributed by atoms with Gasteiger partial charge in [0.05, 0.1) is 5.56 Å². The minimum absolute atomic E-state index is 0.0599. The third kappa shape index (κ3) is 3.23. The molecule has 0 aromatic carbocycles. The lowest BCUT2D eigenvalue weighted by atomic mass is 10.0. The third-order valence-corrected chi connectivity index (χ3v) is 3.82. The van der Waals surface area contributed by atoms with Crippen molar-refractivity contribution >= 4 is 11.7 Å². The second-order valence-corrected chi connectivity index (χ2v) is 5.13. The Balaban J connectivity index is 2.01. The number of carbonyl (C=O) groups is 1. The van der Waals surface area contributed by atoms with Gasteiger partial charge in [0.25, 0.3) is 5.91 Å². The molecule has 0 spiro atoms. The molecule has 1 aromatic heterocycles. The number of rotatable bonds is 3. The molecule has 1 saturated heterocycles. The van der Waals surface area contributed by atoms with E-state index in [2.05, 4.69) is 22.2 Å². The van der Waals surface area contributed by atoms with Crippen LogP contribution in [-0.4, -0.2) is 61.0 Å². The Morgan fingerprint density at radius 3 is 2.63 bits per heavy atom. The van der Waals surface area contributed by atoms with Crippen LogP contribution in [0.1, 0.15) is 23.2 Å². The molecule has 0 radical (unpaired) electrons. The van der Waals surface area contributed by atoms with E-state index in [1.54, 1.807) is 6.20 Å². The molecule has 5 nitrogen and oxygen atoms in total. The van der Waals surface area contributed by atoms with Gasteiger partial charge in [-0.15, -0.1) is 0 Å². The monoisotopic (exact) mass is 262 g/mol. The van der Waals surface area contributed by atoms with Gasteiger partial charge < -0.3 is 15.1 Å². The van der Waals surface area contributed by atoms with Gasteiger partial charge >= 0.3 is 0 Å². The molecule has 19 heavy (non-hydrogen) atoms. The Kier molecular flexibility index (Phi) is 4.37. The number of nitrogens with zero attached hydrogens (tertiary/aromatic N) is 3. The summed E-state index contributed by atoms with van der Waals surface area (Å²) < 4.78 is 0. The van der Waals surface area contributed by atoms with Crippen LogP contribution in [0.2, 0.25) is 0 Å². The van der Waals surface area contributed by atoms with Crippen molar-refractivity contribution in [1.82, 2.24) is 14.8 Å². The second kappa shape index (κ2) is 6.02. The highest BCUT2D eigenvalue weighted by atomic mass is 16.2. The summed E-state index contributed by atoms with van der Waals surface area (Å²) in [7, 11) is 5.83. The molecule has 0 atom stereocenters. The van der Waals surface area contributed by atoms with E-state index < -0.39 is 0 Å². The van der Waals surface area contributed by atoms with Crippen molar-refractivity contribution in [1.29, 1.82) is 0 Å². The van der Waals surface area contributed by atoms with Crippen molar-refractivity contribution in [3.05, 3.63) is 23.9 Å². The zero-order chi connectivity index (χ0) is 13.8. The van der Waals surface area contributed by atoms with E-state index in [4.69, 9.17) is 0 Å². The predicted molar refractivity (Wildman–Crippen MR) is 76.4 cm³/mol. The van der Waals surface area contributed by atoms with Crippen molar-refractivity contribution in [2.45, 2.75) is 18.9 Å². The molecular formula is C14H22N4O. The van der Waals surface area contributed by atoms with E-state index in [1.807, 2.05) is 31.1 Å². The molecule has 1 aliphatic heterocycles. The number of nitrogens with one attached hydrogen (secondary N) is 1. The molecule has 0 bridgehead atoms. The fourth-order valence-corrected chi connectivity index (χ4v) is 2.42. The van der Waals surface area contributed by atoms with Crippen LogP contribution < -0.4 is 5.32 Å². The lowest BCUT2D eigenvalue weighted by molar-refractivity contribution is 0.0659. The number of hydrogen-bond acceptors (Lipinski definition) is 4. The number of likely N-dealkylation sites (tertiary alicyclic amines) is 1. The summed E-state index contributed by atoms with van der Waals surface area (Å²) in [5.74, 6) is 0.836. The molecule has 0 aliphatic carbocycles. The average Bonchev–Trinajstić information content (AvgIpc) is 2.46. The molecule has 2 heterocycles. The highest BCUT2D eigenvalue weighted by Crippen LogP contribution is 2.16. The summed E-state index contributed by atoms with van der Waals surface area (Å²) in [6.07, 6.45) is 3.72. The first-order chi connectivity index (χ1) is 9.11. The number of carbonyl (C=O) groups excluding carboxylic acids is 1. The number of piperidine rings is 1. The maximum absolute atomic E-state index is 12.4. The third-order valence-electron chi connectivity index (χ3n) is 3.82. The minimum Gasteiger partial charge on any atom is -0.373 e. The van der Waals surface area contributed by atoms with Gasteiger partial charge in [-0.1, -0.05) is 0 Å². The molecule has 1 amide bonds. The topological polar surface area (TPSA) is 48.5 Å². The van der Waals surface area contributed by atoms with Gasteiger partial charge in [0.1, 0.15) is 5.82 Å². The molecule has 1 fully saturated rings. The zero-order valence-corrected chi connectivity index (χ0v) is 11.9. The fourth-order valence-electron chi connectivity index (χ4n) is 2.42. The molecular weight excluding hydrogens is 240 g/mol. The molecule has 2 rings (SSSR count). The van der Waals surface area contributed by atoms with Crippen LogP contribution in [0, 0.1) is 0 Å². The highest BCUT2D eigenvalue weighted by Gasteiger charge is 2.24. The fraction of sp³-hybridized carbons (Fsp3) is 0.571. The van der Waals surface area contributed by atoms with Crippen LogP contribution in [0.5, 0.6) is 0 Å². The molecule has 1 N–H and O–H groups in total. The van der Waals surface area contributed by atoms with E-state index in [0.717, 1.165) is 31.7 Å². The van der Waals surface area contributed by atoms with Gasteiger partial charge in [-0.05, 0) is 45.1 Å². The van der Waals surface area contributed by atoms with Crippen molar-refractivity contribution in [2.24, 2.45) is 0 Å². The van der Waals surface area contributed by atoms with Crippen LogP contribution in [0.3, 0.4) is 0 Å². The first kappa shape index (κ1) is 13.8. The van der Waals surface area contributed by atoms with E-state index in [-0.39, 0.29) is 5.91 Å². The lowest BCUT2D eigenvalue weighted by Crippen LogP contribution is -2.44. The van der Waals surface area contributed by atoms with E-state index in [9.17, 15) is 4.79 Å². The first-order valence-corrected chi connectivity index (χ1v) is 6.71. The highest BCUT2D eigenvalue weighted by molar-refractivity contribution is 5.94. The van der Waals surface area contributed by atoms with Crippen molar-refractivity contribution < 1.29 is 4.79 Å². The molecule has 104 valence electrons. The maximum atomic E-state index is 12.4. The number of hydrogen-bond donors (Lipinski definition) is 1. The summed E-state index contributed by atoms with van der Waals surface area (Å²) >= 11 is 0. The molecule has 5 heteroatoms. The van der Waals surface area contributed by atoms with Crippen molar-refractivity contribution in [3.63, 3.8) is 0 Å². The Morgan fingerprint density at radius 1 is 1.42 bits per heavy atom. The number of amides is 1. The smallest absolute Gasteiger partial charge is 0.255 e. The van der Waals surface area contributed by atoms with Crippen LogP contribution >= 0.6 is 0 Å². The summed E-state index contributed by atoms with van der Waals surface area (Å²) in [5, 5.41) is 2.95. The van der Waals surface area contributed by atoms with Crippen LogP contribution in [0.25, 0.3) is 0 Å².